The fourth-order valence-corrected chi connectivity index (χ4v) is 3.38. The molecule has 1 aliphatic heterocycles. The van der Waals surface area contributed by atoms with Crippen LogP contribution in [-0.2, 0) is 6.54 Å². The fraction of sp³-hybridized carbons (Fsp3) is 0.625. The van der Waals surface area contributed by atoms with E-state index in [0.29, 0.717) is 23.1 Å². The third-order valence-electron chi connectivity index (χ3n) is 4.47. The molecule has 1 atom stereocenters. The van der Waals surface area contributed by atoms with Crippen LogP contribution in [0.2, 0.25) is 0 Å². The number of nitrogens with zero attached hydrogens (tertiary/aromatic N) is 1. The number of rotatable bonds is 5. The van der Waals surface area contributed by atoms with Crippen molar-refractivity contribution in [3.05, 3.63) is 33.8 Å². The average Bonchev–Trinajstić information content (AvgIpc) is 3.31. The summed E-state index contributed by atoms with van der Waals surface area (Å²) in [5.41, 5.74) is 0.183. The number of nitrogens with one attached hydrogen (secondary N) is 1. The minimum absolute atomic E-state index is 0.183. The molecule has 1 unspecified atom stereocenters. The minimum Gasteiger partial charge on any atom is -0.312 e. The van der Waals surface area contributed by atoms with E-state index in [9.17, 15) is 8.78 Å². The highest BCUT2D eigenvalue weighted by Gasteiger charge is 2.27. The smallest absolute Gasteiger partial charge is 0.144 e. The van der Waals surface area contributed by atoms with Crippen molar-refractivity contribution in [2.45, 2.75) is 50.7 Å². The van der Waals surface area contributed by atoms with Crippen LogP contribution in [0.4, 0.5) is 8.78 Å². The summed E-state index contributed by atoms with van der Waals surface area (Å²) in [6.07, 6.45) is 5.95. The van der Waals surface area contributed by atoms with Gasteiger partial charge in [-0.3, -0.25) is 4.90 Å². The second-order valence-corrected chi connectivity index (χ2v) is 6.98. The monoisotopic (exact) mass is 358 g/mol. The summed E-state index contributed by atoms with van der Waals surface area (Å²) in [7, 11) is 0. The second-order valence-electron chi connectivity index (χ2n) is 6.12. The summed E-state index contributed by atoms with van der Waals surface area (Å²) in [6, 6.07) is 3.82. The van der Waals surface area contributed by atoms with E-state index in [4.69, 9.17) is 0 Å². The van der Waals surface area contributed by atoms with Crippen LogP contribution >= 0.6 is 15.9 Å². The molecule has 1 aromatic rings. The van der Waals surface area contributed by atoms with Crippen LogP contribution in [0.5, 0.6) is 0 Å². The minimum atomic E-state index is -0.463. The van der Waals surface area contributed by atoms with Crippen molar-refractivity contribution in [1.82, 2.24) is 10.2 Å². The van der Waals surface area contributed by atoms with Crippen LogP contribution < -0.4 is 5.32 Å². The van der Waals surface area contributed by atoms with Crippen LogP contribution in [0.25, 0.3) is 0 Å². The number of halogens is 3. The predicted octanol–water partition coefficient (Wildman–Crippen LogP) is 3.83. The molecule has 2 aliphatic rings. The van der Waals surface area contributed by atoms with Crippen molar-refractivity contribution in [3.8, 4) is 0 Å². The molecule has 2 fully saturated rings. The van der Waals surface area contributed by atoms with Gasteiger partial charge in [-0.1, -0.05) is 6.42 Å². The highest BCUT2D eigenvalue weighted by Crippen LogP contribution is 2.26. The molecule has 0 aromatic heterocycles. The number of likely N-dealkylation sites (tertiary alicyclic amines) is 1. The molecule has 2 nitrogen and oxygen atoms in total. The first-order valence-corrected chi connectivity index (χ1v) is 8.54. The lowest BCUT2D eigenvalue weighted by Crippen LogP contribution is -2.45. The van der Waals surface area contributed by atoms with Crippen molar-refractivity contribution in [1.29, 1.82) is 0 Å². The van der Waals surface area contributed by atoms with Crippen molar-refractivity contribution in [3.63, 3.8) is 0 Å². The molecule has 1 heterocycles. The van der Waals surface area contributed by atoms with Gasteiger partial charge >= 0.3 is 0 Å². The van der Waals surface area contributed by atoms with Crippen LogP contribution in [0, 0.1) is 11.6 Å². The molecule has 1 saturated heterocycles. The van der Waals surface area contributed by atoms with Gasteiger partial charge in [-0.15, -0.1) is 0 Å². The lowest BCUT2D eigenvalue weighted by Gasteiger charge is -2.36. The van der Waals surface area contributed by atoms with Crippen LogP contribution in [0.15, 0.2) is 16.6 Å². The van der Waals surface area contributed by atoms with Gasteiger partial charge in [0.05, 0.1) is 4.47 Å². The zero-order valence-corrected chi connectivity index (χ0v) is 13.6. The Labute approximate surface area is 133 Å². The topological polar surface area (TPSA) is 15.3 Å². The first-order chi connectivity index (χ1) is 10.1. The van der Waals surface area contributed by atoms with Gasteiger partial charge in [-0.25, -0.2) is 8.78 Å². The van der Waals surface area contributed by atoms with Gasteiger partial charge in [0.2, 0.25) is 0 Å². The molecular weight excluding hydrogens is 338 g/mol. The summed E-state index contributed by atoms with van der Waals surface area (Å²) in [5.74, 6) is -0.912. The van der Waals surface area contributed by atoms with Crippen molar-refractivity contribution in [2.24, 2.45) is 0 Å². The first kappa shape index (κ1) is 15.4. The molecule has 0 radical (unpaired) electrons. The highest BCUT2D eigenvalue weighted by molar-refractivity contribution is 9.10. The van der Waals surface area contributed by atoms with E-state index < -0.39 is 11.6 Å². The average molecular weight is 359 g/mol. The fourth-order valence-electron chi connectivity index (χ4n) is 3.01. The van der Waals surface area contributed by atoms with Crippen LogP contribution in [-0.4, -0.2) is 30.1 Å². The van der Waals surface area contributed by atoms with Gasteiger partial charge in [0.25, 0.3) is 0 Å². The molecule has 1 aliphatic carbocycles. The van der Waals surface area contributed by atoms with E-state index in [1.54, 1.807) is 0 Å². The van der Waals surface area contributed by atoms with E-state index in [1.165, 1.54) is 31.4 Å². The summed E-state index contributed by atoms with van der Waals surface area (Å²) in [6.45, 7) is 2.21. The van der Waals surface area contributed by atoms with Crippen LogP contribution in [0.3, 0.4) is 0 Å². The Morgan fingerprint density at radius 2 is 2.00 bits per heavy atom. The maximum absolute atomic E-state index is 14.1. The van der Waals surface area contributed by atoms with Crippen molar-refractivity contribution in [2.75, 3.05) is 13.1 Å². The van der Waals surface area contributed by atoms with Crippen molar-refractivity contribution >= 4 is 15.9 Å². The van der Waals surface area contributed by atoms with E-state index in [1.807, 2.05) is 0 Å². The Bertz CT molecular complexity index is 505. The van der Waals surface area contributed by atoms with Gasteiger partial charge in [-0.05, 0) is 60.3 Å². The Kier molecular flexibility index (Phi) is 4.92. The number of hydrogen-bond acceptors (Lipinski definition) is 2. The molecule has 1 aromatic carbocycles. The zero-order chi connectivity index (χ0) is 14.8. The molecular formula is C16H21BrF2N2. The normalized spacial score (nSPS) is 23.5. The van der Waals surface area contributed by atoms with Crippen molar-refractivity contribution < 1.29 is 8.78 Å². The molecule has 0 bridgehead atoms. The van der Waals surface area contributed by atoms with Gasteiger partial charge < -0.3 is 5.32 Å². The Balaban J connectivity index is 1.70. The number of hydrogen-bond donors (Lipinski definition) is 1. The molecule has 0 amide bonds. The highest BCUT2D eigenvalue weighted by atomic mass is 79.9. The molecule has 0 spiro atoms. The van der Waals surface area contributed by atoms with Gasteiger partial charge in [0.1, 0.15) is 11.6 Å². The first-order valence-electron chi connectivity index (χ1n) is 7.75. The molecule has 3 rings (SSSR count). The predicted molar refractivity (Wildman–Crippen MR) is 83.1 cm³/mol. The lowest BCUT2D eigenvalue weighted by molar-refractivity contribution is 0.134. The van der Waals surface area contributed by atoms with Crippen LogP contribution in [0.1, 0.15) is 37.7 Å². The quantitative estimate of drug-likeness (QED) is 0.804. The lowest BCUT2D eigenvalue weighted by atomic mass is 10.0. The van der Waals surface area contributed by atoms with Gasteiger partial charge in [0, 0.05) is 30.7 Å². The number of benzene rings is 1. The maximum atomic E-state index is 14.1. The van der Waals surface area contributed by atoms with Gasteiger partial charge in [-0.2, -0.15) is 0 Å². The van der Waals surface area contributed by atoms with E-state index in [0.717, 1.165) is 25.9 Å². The number of piperidine rings is 1. The summed E-state index contributed by atoms with van der Waals surface area (Å²) in [5, 5.41) is 3.54. The summed E-state index contributed by atoms with van der Waals surface area (Å²) in [4.78, 5) is 2.23. The van der Waals surface area contributed by atoms with Gasteiger partial charge in [0.15, 0.2) is 0 Å². The standard InChI is InChI=1S/C16H21BrF2N2/c17-14-6-7-15(18)13(16(14)19)10-21-8-2-1-3-12(21)9-20-11-4-5-11/h6-7,11-12,20H,1-5,8-10H2. The largest absolute Gasteiger partial charge is 0.312 e. The van der Waals surface area contributed by atoms with E-state index in [2.05, 4.69) is 26.1 Å². The third-order valence-corrected chi connectivity index (χ3v) is 5.08. The Morgan fingerprint density at radius 3 is 2.76 bits per heavy atom. The molecule has 5 heteroatoms. The van der Waals surface area contributed by atoms with E-state index >= 15 is 0 Å². The molecule has 1 saturated carbocycles. The Hall–Kier alpha value is -0.520. The maximum Gasteiger partial charge on any atom is 0.144 e. The Morgan fingerprint density at radius 1 is 1.19 bits per heavy atom. The van der Waals surface area contributed by atoms with E-state index in [-0.39, 0.29) is 5.56 Å². The molecule has 116 valence electrons. The second kappa shape index (κ2) is 6.71. The SMILES string of the molecule is Fc1ccc(Br)c(F)c1CN1CCCCC1CNC1CC1. The third kappa shape index (κ3) is 3.82. The zero-order valence-electron chi connectivity index (χ0n) is 12.0. The summed E-state index contributed by atoms with van der Waals surface area (Å²) < 4.78 is 28.4. The molecule has 1 N–H and O–H groups in total. The summed E-state index contributed by atoms with van der Waals surface area (Å²) >= 11 is 3.15. The molecule has 21 heavy (non-hydrogen) atoms.